The van der Waals surface area contributed by atoms with Gasteiger partial charge in [0.2, 0.25) is 0 Å². The summed E-state index contributed by atoms with van der Waals surface area (Å²) in [5.41, 5.74) is 1.04. The summed E-state index contributed by atoms with van der Waals surface area (Å²) in [7, 11) is 0. The molecular weight excluding hydrogens is 136 g/mol. The average molecular weight is 156 g/mol. The lowest BCUT2D eigenvalue weighted by molar-refractivity contribution is 0.170. The molecule has 1 nitrogen and oxygen atoms in total. The summed E-state index contributed by atoms with van der Waals surface area (Å²) in [6.45, 7) is 14.6. The van der Waals surface area contributed by atoms with E-state index in [-0.39, 0.29) is 17.4 Å². The maximum Gasteiger partial charge on any atom is 0.0519 e. The Kier molecular flexibility index (Phi) is 2.90. The zero-order valence-electron chi connectivity index (χ0n) is 8.36. The lowest BCUT2D eigenvalue weighted by Gasteiger charge is -2.34. The van der Waals surface area contributed by atoms with Crippen molar-refractivity contribution in [2.45, 2.75) is 34.6 Å². The van der Waals surface area contributed by atoms with Crippen LogP contribution in [0.25, 0.3) is 0 Å². The van der Waals surface area contributed by atoms with Gasteiger partial charge < -0.3 is 5.11 Å². The first-order chi connectivity index (χ1) is 4.72. The van der Waals surface area contributed by atoms with Crippen molar-refractivity contribution >= 4 is 0 Å². The minimum absolute atomic E-state index is 0.0895. The summed E-state index contributed by atoms with van der Waals surface area (Å²) in [6, 6.07) is 0. The van der Waals surface area contributed by atoms with Crippen LogP contribution in [0.4, 0.5) is 0 Å². The second kappa shape index (κ2) is 2.98. The van der Waals surface area contributed by atoms with Crippen LogP contribution >= 0.6 is 0 Å². The molecule has 0 spiro atoms. The normalized spacial score (nSPS) is 13.3. The molecule has 0 saturated heterocycles. The molecule has 0 aliphatic carbocycles. The lowest BCUT2D eigenvalue weighted by atomic mass is 9.72. The fourth-order valence-corrected chi connectivity index (χ4v) is 1.11. The Morgan fingerprint density at radius 1 is 1.18 bits per heavy atom. The Balaban J connectivity index is 4.50. The molecule has 0 saturated carbocycles. The second-order valence-electron chi connectivity index (χ2n) is 4.77. The third kappa shape index (κ3) is 2.66. The summed E-state index contributed by atoms with van der Waals surface area (Å²) < 4.78 is 0. The summed E-state index contributed by atoms with van der Waals surface area (Å²) in [5, 5.41) is 9.07. The fourth-order valence-electron chi connectivity index (χ4n) is 1.11. The molecule has 0 aliphatic rings. The van der Waals surface area contributed by atoms with Crippen LogP contribution in [-0.2, 0) is 0 Å². The van der Waals surface area contributed by atoms with E-state index in [1.54, 1.807) is 0 Å². The third-order valence-corrected chi connectivity index (χ3v) is 2.12. The van der Waals surface area contributed by atoms with E-state index >= 15 is 0 Å². The first-order valence-electron chi connectivity index (χ1n) is 4.02. The Morgan fingerprint density at radius 3 is 1.64 bits per heavy atom. The predicted octanol–water partition coefficient (Wildman–Crippen LogP) is 2.61. The minimum Gasteiger partial charge on any atom is -0.395 e. The van der Waals surface area contributed by atoms with Crippen LogP contribution in [-0.4, -0.2) is 11.7 Å². The van der Waals surface area contributed by atoms with Crippen LogP contribution < -0.4 is 0 Å². The van der Waals surface area contributed by atoms with Crippen molar-refractivity contribution in [1.82, 2.24) is 0 Å². The van der Waals surface area contributed by atoms with Gasteiger partial charge in [0.05, 0.1) is 6.61 Å². The molecule has 1 N–H and O–H groups in total. The van der Waals surface area contributed by atoms with Gasteiger partial charge in [0.25, 0.3) is 0 Å². The van der Waals surface area contributed by atoms with Gasteiger partial charge >= 0.3 is 0 Å². The summed E-state index contributed by atoms with van der Waals surface area (Å²) in [6.07, 6.45) is 0. The molecule has 0 bridgehead atoms. The van der Waals surface area contributed by atoms with Gasteiger partial charge in [-0.05, 0) is 5.41 Å². The molecule has 0 heterocycles. The maximum absolute atomic E-state index is 9.07. The Bertz CT molecular complexity index is 149. The molecule has 0 fully saturated rings. The highest BCUT2D eigenvalue weighted by molar-refractivity contribution is 5.14. The van der Waals surface area contributed by atoms with Crippen molar-refractivity contribution < 1.29 is 5.11 Å². The van der Waals surface area contributed by atoms with Crippen molar-refractivity contribution in [1.29, 1.82) is 0 Å². The van der Waals surface area contributed by atoms with E-state index in [1.165, 1.54) is 0 Å². The molecule has 1 heteroatoms. The molecule has 0 aliphatic heterocycles. The minimum atomic E-state index is -0.155. The Labute approximate surface area is 70.1 Å². The predicted molar refractivity (Wildman–Crippen MR) is 49.5 cm³/mol. The summed E-state index contributed by atoms with van der Waals surface area (Å²) >= 11 is 0. The molecule has 0 rings (SSSR count). The standard InChI is InChI=1S/C10H20O/c1-8(9(2,3)4)10(5,6)7-11/h11H,1,7H2,2-6H3. The summed E-state index contributed by atoms with van der Waals surface area (Å²) in [4.78, 5) is 0. The zero-order chi connectivity index (χ0) is 9.28. The van der Waals surface area contributed by atoms with Crippen LogP contribution in [0.5, 0.6) is 0 Å². The number of aliphatic hydroxyl groups is 1. The average Bonchev–Trinajstić information content (AvgIpc) is 1.84. The van der Waals surface area contributed by atoms with E-state index < -0.39 is 0 Å². The number of hydrogen-bond acceptors (Lipinski definition) is 1. The quantitative estimate of drug-likeness (QED) is 0.609. The van der Waals surface area contributed by atoms with Crippen LogP contribution in [0, 0.1) is 10.8 Å². The molecule has 0 atom stereocenters. The largest absolute Gasteiger partial charge is 0.395 e. The van der Waals surface area contributed by atoms with Gasteiger partial charge in [-0.15, -0.1) is 0 Å². The number of rotatable bonds is 2. The molecule has 0 aromatic carbocycles. The Morgan fingerprint density at radius 2 is 1.55 bits per heavy atom. The highest BCUT2D eigenvalue weighted by Gasteiger charge is 2.28. The van der Waals surface area contributed by atoms with E-state index in [0.29, 0.717) is 0 Å². The SMILES string of the molecule is C=C(C(C)(C)C)C(C)(C)CO. The second-order valence-corrected chi connectivity index (χ2v) is 4.77. The van der Waals surface area contributed by atoms with Crippen LogP contribution in [0.2, 0.25) is 0 Å². The molecule has 0 amide bonds. The first kappa shape index (κ1) is 10.7. The molecule has 0 aromatic heterocycles. The van der Waals surface area contributed by atoms with Crippen molar-refractivity contribution in [3.8, 4) is 0 Å². The van der Waals surface area contributed by atoms with E-state index in [1.807, 2.05) is 13.8 Å². The van der Waals surface area contributed by atoms with Crippen LogP contribution in [0.3, 0.4) is 0 Å². The van der Waals surface area contributed by atoms with Crippen molar-refractivity contribution in [3.05, 3.63) is 12.2 Å². The smallest absolute Gasteiger partial charge is 0.0519 e. The molecular formula is C10H20O. The van der Waals surface area contributed by atoms with Crippen molar-refractivity contribution in [2.24, 2.45) is 10.8 Å². The Hall–Kier alpha value is -0.300. The lowest BCUT2D eigenvalue weighted by Crippen LogP contribution is -2.27. The highest BCUT2D eigenvalue weighted by atomic mass is 16.3. The van der Waals surface area contributed by atoms with Gasteiger partial charge in [-0.25, -0.2) is 0 Å². The molecule has 0 unspecified atom stereocenters. The van der Waals surface area contributed by atoms with E-state index in [4.69, 9.17) is 5.11 Å². The molecule has 11 heavy (non-hydrogen) atoms. The van der Waals surface area contributed by atoms with Gasteiger partial charge in [0, 0.05) is 5.41 Å². The number of hydrogen-bond donors (Lipinski definition) is 1. The maximum atomic E-state index is 9.07. The third-order valence-electron chi connectivity index (χ3n) is 2.12. The van der Waals surface area contributed by atoms with Gasteiger partial charge in [0.1, 0.15) is 0 Å². The fraction of sp³-hybridized carbons (Fsp3) is 0.800. The van der Waals surface area contributed by atoms with E-state index in [0.717, 1.165) is 5.57 Å². The molecule has 66 valence electrons. The van der Waals surface area contributed by atoms with Gasteiger partial charge in [-0.3, -0.25) is 0 Å². The van der Waals surface area contributed by atoms with Crippen LogP contribution in [0.1, 0.15) is 34.6 Å². The van der Waals surface area contributed by atoms with E-state index in [2.05, 4.69) is 27.4 Å². The van der Waals surface area contributed by atoms with Crippen molar-refractivity contribution in [2.75, 3.05) is 6.61 Å². The summed E-state index contributed by atoms with van der Waals surface area (Å²) in [5.74, 6) is 0. The van der Waals surface area contributed by atoms with Gasteiger partial charge in [-0.1, -0.05) is 46.8 Å². The topological polar surface area (TPSA) is 20.2 Å². The monoisotopic (exact) mass is 156 g/mol. The number of aliphatic hydroxyl groups excluding tert-OH is 1. The highest BCUT2D eigenvalue weighted by Crippen LogP contribution is 2.37. The molecule has 0 aromatic rings. The van der Waals surface area contributed by atoms with Gasteiger partial charge in [0.15, 0.2) is 0 Å². The first-order valence-corrected chi connectivity index (χ1v) is 4.02. The van der Waals surface area contributed by atoms with Crippen molar-refractivity contribution in [3.63, 3.8) is 0 Å². The zero-order valence-corrected chi connectivity index (χ0v) is 8.36. The van der Waals surface area contributed by atoms with E-state index in [9.17, 15) is 0 Å². The molecule has 0 radical (unpaired) electrons. The van der Waals surface area contributed by atoms with Gasteiger partial charge in [-0.2, -0.15) is 0 Å². The van der Waals surface area contributed by atoms with Crippen LogP contribution in [0.15, 0.2) is 12.2 Å².